The predicted octanol–water partition coefficient (Wildman–Crippen LogP) is 4.40. The average molecular weight is 473 g/mol. The Morgan fingerprint density at radius 3 is 2.58 bits per heavy atom. The van der Waals surface area contributed by atoms with E-state index in [0.717, 1.165) is 50.5 Å². The van der Waals surface area contributed by atoms with Gasteiger partial charge in [-0.25, -0.2) is 0 Å². The summed E-state index contributed by atoms with van der Waals surface area (Å²) in [6, 6.07) is 7.05. The first-order chi connectivity index (χ1) is 15.9. The summed E-state index contributed by atoms with van der Waals surface area (Å²) in [6.07, 6.45) is 5.58. The first-order valence-corrected chi connectivity index (χ1v) is 13.1. The molecule has 1 N–H and O–H groups in total. The summed E-state index contributed by atoms with van der Waals surface area (Å²) in [6.45, 7) is 9.51. The summed E-state index contributed by atoms with van der Waals surface area (Å²) < 4.78 is 0. The molecule has 1 fully saturated rings. The van der Waals surface area contributed by atoms with Crippen LogP contribution in [0.5, 0.6) is 0 Å². The third kappa shape index (κ3) is 6.82. The highest BCUT2D eigenvalue weighted by Gasteiger charge is 2.33. The van der Waals surface area contributed by atoms with Crippen LogP contribution in [0.25, 0.3) is 0 Å². The number of thioether (sulfide) groups is 1. The zero-order valence-electron chi connectivity index (χ0n) is 20.0. The van der Waals surface area contributed by atoms with E-state index in [4.69, 9.17) is 0 Å². The largest absolute Gasteiger partial charge is 0.351 e. The second-order valence-corrected chi connectivity index (χ2v) is 9.92. The molecule has 2 aliphatic rings. The molecule has 2 heterocycles. The van der Waals surface area contributed by atoms with Crippen molar-refractivity contribution in [3.05, 3.63) is 29.8 Å². The van der Waals surface area contributed by atoms with Gasteiger partial charge < -0.3 is 15.1 Å². The number of hydrogen-bond acceptors (Lipinski definition) is 5. The molecule has 0 spiro atoms. The fourth-order valence-electron chi connectivity index (χ4n) is 4.24. The van der Waals surface area contributed by atoms with Crippen molar-refractivity contribution in [3.8, 4) is 0 Å². The molecule has 0 radical (unpaired) electrons. The SMILES string of the molecule is CCC(CC)CN(CC)C(=O)c1cccc(NC(=O)C[C@@H]2SC(N3CCCCC3)=NC2=O)c1. The summed E-state index contributed by atoms with van der Waals surface area (Å²) >= 11 is 1.39. The van der Waals surface area contributed by atoms with Crippen molar-refractivity contribution in [2.24, 2.45) is 10.9 Å². The van der Waals surface area contributed by atoms with Gasteiger partial charge in [-0.1, -0.05) is 44.5 Å². The zero-order chi connectivity index (χ0) is 23.8. The lowest BCUT2D eigenvalue weighted by molar-refractivity contribution is -0.121. The highest BCUT2D eigenvalue weighted by atomic mass is 32.2. The quantitative estimate of drug-likeness (QED) is 0.576. The average Bonchev–Trinajstić information content (AvgIpc) is 3.20. The van der Waals surface area contributed by atoms with Gasteiger partial charge in [0, 0.05) is 43.9 Å². The number of carbonyl (C=O) groups excluding carboxylic acids is 3. The number of benzene rings is 1. The van der Waals surface area contributed by atoms with Crippen molar-refractivity contribution in [1.29, 1.82) is 0 Å². The van der Waals surface area contributed by atoms with E-state index >= 15 is 0 Å². The molecule has 8 heteroatoms. The maximum absolute atomic E-state index is 13.0. The number of aliphatic imine (C=N–C) groups is 1. The number of likely N-dealkylation sites (tertiary alicyclic amines) is 1. The summed E-state index contributed by atoms with van der Waals surface area (Å²) in [5.74, 6) is -0.0264. The van der Waals surface area contributed by atoms with E-state index in [1.807, 2.05) is 11.8 Å². The van der Waals surface area contributed by atoms with Crippen LogP contribution in [0.3, 0.4) is 0 Å². The lowest BCUT2D eigenvalue weighted by Crippen LogP contribution is -2.35. The van der Waals surface area contributed by atoms with Crippen LogP contribution < -0.4 is 5.32 Å². The van der Waals surface area contributed by atoms with Crippen LogP contribution in [-0.4, -0.2) is 64.1 Å². The van der Waals surface area contributed by atoms with Gasteiger partial charge in [0.05, 0.1) is 0 Å². The second-order valence-electron chi connectivity index (χ2n) is 8.75. The molecule has 1 aromatic carbocycles. The molecule has 33 heavy (non-hydrogen) atoms. The van der Waals surface area contributed by atoms with Crippen LogP contribution in [0, 0.1) is 5.92 Å². The number of anilines is 1. The van der Waals surface area contributed by atoms with Crippen molar-refractivity contribution >= 4 is 40.3 Å². The molecule has 3 amide bonds. The lowest BCUT2D eigenvalue weighted by atomic mass is 10.0. The van der Waals surface area contributed by atoms with E-state index in [0.29, 0.717) is 23.7 Å². The predicted molar refractivity (Wildman–Crippen MR) is 135 cm³/mol. The molecular weight excluding hydrogens is 436 g/mol. The van der Waals surface area contributed by atoms with E-state index in [1.165, 1.54) is 18.2 Å². The summed E-state index contributed by atoms with van der Waals surface area (Å²) in [7, 11) is 0. The standard InChI is InChI=1S/C25H36N4O3S/c1-4-18(5-2)17-28(6-3)24(32)19-11-10-12-20(15-19)26-22(30)16-21-23(31)27-25(33-21)29-13-8-7-9-14-29/h10-12,15,18,21H,4-9,13-14,16-17H2,1-3H3,(H,26,30)/t21-/m0/s1. The van der Waals surface area contributed by atoms with E-state index in [1.54, 1.807) is 24.3 Å². The van der Waals surface area contributed by atoms with E-state index in [-0.39, 0.29) is 24.1 Å². The van der Waals surface area contributed by atoms with Crippen LogP contribution >= 0.6 is 11.8 Å². The Bertz CT molecular complexity index is 878. The maximum atomic E-state index is 13.0. The summed E-state index contributed by atoms with van der Waals surface area (Å²) in [5, 5.41) is 3.13. The minimum Gasteiger partial charge on any atom is -0.351 e. The van der Waals surface area contributed by atoms with Crippen LogP contribution in [0.15, 0.2) is 29.3 Å². The molecule has 1 atom stereocenters. The summed E-state index contributed by atoms with van der Waals surface area (Å²) in [5.41, 5.74) is 1.12. The Kier molecular flexibility index (Phi) is 9.35. The number of nitrogens with one attached hydrogen (secondary N) is 1. The monoisotopic (exact) mass is 472 g/mol. The van der Waals surface area contributed by atoms with Gasteiger partial charge in [0.1, 0.15) is 5.25 Å². The minimum absolute atomic E-state index is 0.0263. The van der Waals surface area contributed by atoms with Crippen molar-refractivity contribution in [2.45, 2.75) is 64.5 Å². The van der Waals surface area contributed by atoms with Gasteiger partial charge in [-0.2, -0.15) is 4.99 Å². The Hall–Kier alpha value is -2.35. The molecule has 2 aliphatic heterocycles. The zero-order valence-corrected chi connectivity index (χ0v) is 20.8. The smallest absolute Gasteiger partial charge is 0.262 e. The Morgan fingerprint density at radius 2 is 1.91 bits per heavy atom. The molecule has 3 rings (SSSR count). The number of piperidine rings is 1. The van der Waals surface area contributed by atoms with Crippen LogP contribution in [0.1, 0.15) is 69.7 Å². The number of carbonyl (C=O) groups is 3. The molecule has 7 nitrogen and oxygen atoms in total. The van der Waals surface area contributed by atoms with Gasteiger partial charge in [0.25, 0.3) is 11.8 Å². The molecule has 180 valence electrons. The Balaban J connectivity index is 1.57. The summed E-state index contributed by atoms with van der Waals surface area (Å²) in [4.78, 5) is 46.2. The fourth-order valence-corrected chi connectivity index (χ4v) is 5.35. The van der Waals surface area contributed by atoms with Crippen molar-refractivity contribution in [2.75, 3.05) is 31.5 Å². The third-order valence-corrected chi connectivity index (χ3v) is 7.63. The third-order valence-electron chi connectivity index (χ3n) is 6.42. The molecule has 0 aliphatic carbocycles. The normalized spacial score (nSPS) is 18.4. The molecule has 0 bridgehead atoms. The Labute approximate surface area is 201 Å². The first kappa shape index (κ1) is 25.3. The molecule has 0 saturated carbocycles. The number of rotatable bonds is 9. The van der Waals surface area contributed by atoms with E-state index < -0.39 is 5.25 Å². The first-order valence-electron chi connectivity index (χ1n) is 12.2. The molecular formula is C25H36N4O3S. The molecule has 0 unspecified atom stereocenters. The highest BCUT2D eigenvalue weighted by molar-refractivity contribution is 8.15. The van der Waals surface area contributed by atoms with Gasteiger partial charge in [0.2, 0.25) is 5.91 Å². The van der Waals surface area contributed by atoms with Gasteiger partial charge in [0.15, 0.2) is 5.17 Å². The second kappa shape index (κ2) is 12.2. The van der Waals surface area contributed by atoms with Gasteiger partial charge in [-0.3, -0.25) is 14.4 Å². The number of nitrogens with zero attached hydrogens (tertiary/aromatic N) is 3. The van der Waals surface area contributed by atoms with E-state index in [2.05, 4.69) is 29.1 Å². The minimum atomic E-state index is -0.484. The molecule has 0 aromatic heterocycles. The highest BCUT2D eigenvalue weighted by Crippen LogP contribution is 2.29. The van der Waals surface area contributed by atoms with Gasteiger partial charge in [-0.05, 0) is 50.3 Å². The molecule has 1 aromatic rings. The van der Waals surface area contributed by atoms with E-state index in [9.17, 15) is 14.4 Å². The van der Waals surface area contributed by atoms with Gasteiger partial charge in [-0.15, -0.1) is 0 Å². The molecule has 1 saturated heterocycles. The number of amidine groups is 1. The van der Waals surface area contributed by atoms with Crippen molar-refractivity contribution in [3.63, 3.8) is 0 Å². The number of amides is 3. The van der Waals surface area contributed by atoms with Crippen LogP contribution in [-0.2, 0) is 9.59 Å². The maximum Gasteiger partial charge on any atom is 0.262 e. The fraction of sp³-hybridized carbons (Fsp3) is 0.600. The van der Waals surface area contributed by atoms with Gasteiger partial charge >= 0.3 is 0 Å². The number of hydrogen-bond donors (Lipinski definition) is 1. The Morgan fingerprint density at radius 1 is 1.18 bits per heavy atom. The van der Waals surface area contributed by atoms with Crippen molar-refractivity contribution in [1.82, 2.24) is 9.80 Å². The van der Waals surface area contributed by atoms with Crippen LogP contribution in [0.4, 0.5) is 5.69 Å². The lowest BCUT2D eigenvalue weighted by Gasteiger charge is -2.27. The van der Waals surface area contributed by atoms with Crippen molar-refractivity contribution < 1.29 is 14.4 Å². The topological polar surface area (TPSA) is 82.1 Å². The van der Waals surface area contributed by atoms with Crippen LogP contribution in [0.2, 0.25) is 0 Å².